The van der Waals surface area contributed by atoms with E-state index in [1.54, 1.807) is 18.4 Å². The van der Waals surface area contributed by atoms with Crippen LogP contribution < -0.4 is 20.1 Å². The second-order valence-electron chi connectivity index (χ2n) is 7.39. The van der Waals surface area contributed by atoms with E-state index in [0.29, 0.717) is 17.2 Å². The SMILES string of the molecule is COc1ccc(-c2nc3ccccc3s2)cc1NC(=S)NC(=O)COc1cccc(C)c1C. The highest BCUT2D eigenvalue weighted by Gasteiger charge is 2.13. The van der Waals surface area contributed by atoms with Crippen molar-refractivity contribution >= 4 is 50.5 Å². The molecule has 6 nitrogen and oxygen atoms in total. The first-order valence-electron chi connectivity index (χ1n) is 10.3. The molecule has 3 aromatic carbocycles. The van der Waals surface area contributed by atoms with Gasteiger partial charge in [-0.1, -0.05) is 24.3 Å². The first-order chi connectivity index (χ1) is 15.9. The van der Waals surface area contributed by atoms with Gasteiger partial charge >= 0.3 is 0 Å². The summed E-state index contributed by atoms with van der Waals surface area (Å²) in [6, 6.07) is 19.4. The molecule has 0 fully saturated rings. The minimum atomic E-state index is -0.352. The number of hydrogen-bond donors (Lipinski definition) is 2. The number of thiocarbonyl (C=S) groups is 1. The number of nitrogens with one attached hydrogen (secondary N) is 2. The highest BCUT2D eigenvalue weighted by atomic mass is 32.1. The number of ether oxygens (including phenoxy) is 2. The Bertz CT molecular complexity index is 1300. The number of para-hydroxylation sites is 1. The summed E-state index contributed by atoms with van der Waals surface area (Å²) in [5, 5.41) is 6.75. The molecule has 1 amide bonds. The van der Waals surface area contributed by atoms with E-state index in [1.165, 1.54) is 0 Å². The summed E-state index contributed by atoms with van der Waals surface area (Å²) in [5.41, 5.74) is 4.61. The van der Waals surface area contributed by atoms with Gasteiger partial charge in [0.05, 0.1) is 23.0 Å². The topological polar surface area (TPSA) is 72.5 Å². The zero-order chi connectivity index (χ0) is 23.4. The number of thiazole rings is 1. The van der Waals surface area contributed by atoms with Gasteiger partial charge in [0.25, 0.3) is 5.91 Å². The Morgan fingerprint density at radius 2 is 1.88 bits per heavy atom. The summed E-state index contributed by atoms with van der Waals surface area (Å²) < 4.78 is 12.2. The van der Waals surface area contributed by atoms with Crippen LogP contribution in [-0.2, 0) is 4.79 Å². The van der Waals surface area contributed by atoms with Gasteiger partial charge in [-0.3, -0.25) is 10.1 Å². The lowest BCUT2D eigenvalue weighted by atomic mass is 10.1. The number of amides is 1. The van der Waals surface area contributed by atoms with Crippen molar-refractivity contribution in [3.63, 3.8) is 0 Å². The highest BCUT2D eigenvalue weighted by Crippen LogP contribution is 2.34. The maximum Gasteiger partial charge on any atom is 0.264 e. The molecular formula is C25H23N3O3S2. The third-order valence-electron chi connectivity index (χ3n) is 5.16. The summed E-state index contributed by atoms with van der Waals surface area (Å²) in [7, 11) is 1.58. The molecule has 4 rings (SSSR count). The van der Waals surface area contributed by atoms with Gasteiger partial charge in [-0.25, -0.2) is 4.98 Å². The van der Waals surface area contributed by atoms with Crippen LogP contribution in [0.2, 0.25) is 0 Å². The van der Waals surface area contributed by atoms with Crippen molar-refractivity contribution in [3.8, 4) is 22.1 Å². The molecule has 0 saturated heterocycles. The predicted molar refractivity (Wildman–Crippen MR) is 137 cm³/mol. The van der Waals surface area contributed by atoms with Crippen molar-refractivity contribution in [1.82, 2.24) is 10.3 Å². The fourth-order valence-corrected chi connectivity index (χ4v) is 4.46. The van der Waals surface area contributed by atoms with Crippen LogP contribution in [0.1, 0.15) is 11.1 Å². The molecule has 8 heteroatoms. The molecule has 4 aromatic rings. The largest absolute Gasteiger partial charge is 0.495 e. The molecule has 0 saturated carbocycles. The number of hydrogen-bond acceptors (Lipinski definition) is 6. The summed E-state index contributed by atoms with van der Waals surface area (Å²) in [4.78, 5) is 17.1. The van der Waals surface area contributed by atoms with Crippen molar-refractivity contribution in [2.75, 3.05) is 19.0 Å². The molecule has 0 spiro atoms. The van der Waals surface area contributed by atoms with E-state index < -0.39 is 0 Å². The van der Waals surface area contributed by atoms with Crippen LogP contribution in [0.3, 0.4) is 0 Å². The van der Waals surface area contributed by atoms with Crippen molar-refractivity contribution in [2.45, 2.75) is 13.8 Å². The molecule has 2 N–H and O–H groups in total. The molecule has 0 radical (unpaired) electrons. The minimum Gasteiger partial charge on any atom is -0.495 e. The molecule has 0 bridgehead atoms. The molecule has 0 atom stereocenters. The monoisotopic (exact) mass is 477 g/mol. The van der Waals surface area contributed by atoms with Gasteiger partial charge in [0, 0.05) is 5.56 Å². The van der Waals surface area contributed by atoms with Crippen LogP contribution in [0.4, 0.5) is 5.69 Å². The summed E-state index contributed by atoms with van der Waals surface area (Å²) in [6.07, 6.45) is 0. The number of rotatable bonds is 6. The third-order valence-corrected chi connectivity index (χ3v) is 6.44. The molecule has 0 aliphatic carbocycles. The maximum absolute atomic E-state index is 12.4. The van der Waals surface area contributed by atoms with Gasteiger partial charge in [-0.2, -0.15) is 0 Å². The second-order valence-corrected chi connectivity index (χ2v) is 8.83. The van der Waals surface area contributed by atoms with Gasteiger partial charge in [0.2, 0.25) is 0 Å². The Morgan fingerprint density at radius 3 is 2.67 bits per heavy atom. The first-order valence-corrected chi connectivity index (χ1v) is 11.5. The minimum absolute atomic E-state index is 0.144. The summed E-state index contributed by atoms with van der Waals surface area (Å²) in [5.74, 6) is 0.923. The van der Waals surface area contributed by atoms with Crippen LogP contribution in [0.15, 0.2) is 60.7 Å². The smallest absolute Gasteiger partial charge is 0.264 e. The fourth-order valence-electron chi connectivity index (χ4n) is 3.27. The number of benzene rings is 3. The molecule has 0 aliphatic rings. The van der Waals surface area contributed by atoms with Crippen molar-refractivity contribution < 1.29 is 14.3 Å². The molecule has 33 heavy (non-hydrogen) atoms. The zero-order valence-corrected chi connectivity index (χ0v) is 20.1. The van der Waals surface area contributed by atoms with Crippen molar-refractivity contribution in [1.29, 1.82) is 0 Å². The lowest BCUT2D eigenvalue weighted by molar-refractivity contribution is -0.121. The molecule has 168 valence electrons. The summed E-state index contributed by atoms with van der Waals surface area (Å²) in [6.45, 7) is 3.81. The quantitative estimate of drug-likeness (QED) is 0.358. The summed E-state index contributed by atoms with van der Waals surface area (Å²) >= 11 is 6.95. The standard InChI is InChI=1S/C25H23N3O3S2/c1-15-7-6-9-20(16(15)2)31-14-23(29)28-25(32)27-19-13-17(11-12-21(19)30-3)24-26-18-8-4-5-10-22(18)33-24/h4-13H,14H2,1-3H3,(H2,27,28,29,32). The number of carbonyl (C=O) groups is 1. The van der Waals surface area contributed by atoms with E-state index in [2.05, 4.69) is 10.6 Å². The number of nitrogens with zero attached hydrogens (tertiary/aromatic N) is 1. The van der Waals surface area contributed by atoms with Gasteiger partial charge in [-0.05, 0) is 73.6 Å². The number of fused-ring (bicyclic) bond motifs is 1. The Labute approximate surface area is 201 Å². The zero-order valence-electron chi connectivity index (χ0n) is 18.5. The van der Waals surface area contributed by atoms with Crippen LogP contribution in [0, 0.1) is 13.8 Å². The van der Waals surface area contributed by atoms with Crippen LogP contribution >= 0.6 is 23.6 Å². The van der Waals surface area contributed by atoms with Gasteiger partial charge in [0.15, 0.2) is 11.7 Å². The lowest BCUT2D eigenvalue weighted by Gasteiger charge is -2.14. The van der Waals surface area contributed by atoms with E-state index >= 15 is 0 Å². The molecule has 0 aliphatic heterocycles. The van der Waals surface area contributed by atoms with Gasteiger partial charge in [0.1, 0.15) is 16.5 Å². The molecule has 1 heterocycles. The Balaban J connectivity index is 1.43. The van der Waals surface area contributed by atoms with Crippen LogP contribution in [-0.4, -0.2) is 29.7 Å². The normalized spacial score (nSPS) is 10.6. The number of aryl methyl sites for hydroxylation is 1. The van der Waals surface area contributed by atoms with Crippen LogP contribution in [0.25, 0.3) is 20.8 Å². The average Bonchev–Trinajstić information content (AvgIpc) is 3.24. The van der Waals surface area contributed by atoms with E-state index in [1.807, 2.05) is 74.5 Å². The Kier molecular flexibility index (Phi) is 6.86. The number of aromatic nitrogens is 1. The lowest BCUT2D eigenvalue weighted by Crippen LogP contribution is -2.37. The van der Waals surface area contributed by atoms with E-state index in [9.17, 15) is 4.79 Å². The maximum atomic E-state index is 12.4. The first kappa shape index (κ1) is 22.7. The van der Waals surface area contributed by atoms with E-state index in [-0.39, 0.29) is 17.6 Å². The van der Waals surface area contributed by atoms with E-state index in [0.717, 1.165) is 31.9 Å². The predicted octanol–water partition coefficient (Wildman–Crippen LogP) is 5.48. The second kappa shape index (κ2) is 9.97. The molecule has 0 unspecified atom stereocenters. The Hall–Kier alpha value is -3.49. The third kappa shape index (κ3) is 5.30. The van der Waals surface area contributed by atoms with Crippen LogP contribution in [0.5, 0.6) is 11.5 Å². The Morgan fingerprint density at radius 1 is 1.06 bits per heavy atom. The van der Waals surface area contributed by atoms with Gasteiger partial charge in [-0.15, -0.1) is 11.3 Å². The fraction of sp³-hybridized carbons (Fsp3) is 0.160. The van der Waals surface area contributed by atoms with Crippen molar-refractivity contribution in [2.24, 2.45) is 0 Å². The average molecular weight is 478 g/mol. The highest BCUT2D eigenvalue weighted by molar-refractivity contribution is 7.80. The van der Waals surface area contributed by atoms with E-state index in [4.69, 9.17) is 26.7 Å². The number of methoxy groups -OCH3 is 1. The number of carbonyl (C=O) groups excluding carboxylic acids is 1. The molecular weight excluding hydrogens is 454 g/mol. The van der Waals surface area contributed by atoms with Gasteiger partial charge < -0.3 is 14.8 Å². The van der Waals surface area contributed by atoms with Crippen molar-refractivity contribution in [3.05, 3.63) is 71.8 Å². The number of anilines is 1. The molecule has 1 aromatic heterocycles.